The average Bonchev–Trinajstić information content (AvgIpc) is 2.26. The number of aliphatic imine (C=N–C) groups is 1. The Labute approximate surface area is 108 Å². The maximum Gasteiger partial charge on any atom is 0.418 e. The summed E-state index contributed by atoms with van der Waals surface area (Å²) in [4.78, 5) is 3.26. The van der Waals surface area contributed by atoms with Gasteiger partial charge in [-0.15, -0.1) is 11.6 Å². The standard InChI is InChI=1S/C10H7ClF6N2/c11-4-8(18)19-7-3-5(9(12,13)14)1-2-6(7)10(15,16)17/h1-3H,4H2,(H2,18,19). The molecule has 1 aromatic rings. The Morgan fingerprint density at radius 1 is 1.11 bits per heavy atom. The summed E-state index contributed by atoms with van der Waals surface area (Å²) < 4.78 is 75.1. The van der Waals surface area contributed by atoms with E-state index >= 15 is 0 Å². The third-order valence-corrected chi connectivity index (χ3v) is 2.31. The van der Waals surface area contributed by atoms with Gasteiger partial charge in [0.1, 0.15) is 5.84 Å². The highest BCUT2D eigenvalue weighted by atomic mass is 35.5. The van der Waals surface area contributed by atoms with Crippen molar-refractivity contribution < 1.29 is 26.3 Å². The summed E-state index contributed by atoms with van der Waals surface area (Å²) >= 11 is 5.24. The van der Waals surface area contributed by atoms with Gasteiger partial charge in [-0.1, -0.05) is 0 Å². The molecular weight excluding hydrogens is 298 g/mol. The number of hydrogen-bond donors (Lipinski definition) is 1. The second kappa shape index (κ2) is 5.28. The summed E-state index contributed by atoms with van der Waals surface area (Å²) in [6, 6.07) is 0.921. The van der Waals surface area contributed by atoms with Gasteiger partial charge in [-0.25, -0.2) is 4.99 Å². The van der Waals surface area contributed by atoms with E-state index in [0.717, 1.165) is 0 Å². The zero-order chi connectivity index (χ0) is 14.8. The number of hydrogen-bond acceptors (Lipinski definition) is 1. The molecule has 1 rings (SSSR count). The number of nitrogens with zero attached hydrogens (tertiary/aromatic N) is 1. The lowest BCUT2D eigenvalue weighted by Gasteiger charge is -2.13. The van der Waals surface area contributed by atoms with E-state index in [9.17, 15) is 26.3 Å². The number of amidine groups is 1. The van der Waals surface area contributed by atoms with Gasteiger partial charge in [0, 0.05) is 0 Å². The summed E-state index contributed by atoms with van der Waals surface area (Å²) in [6.07, 6.45) is -9.61. The number of halogens is 7. The first-order valence-electron chi connectivity index (χ1n) is 4.73. The van der Waals surface area contributed by atoms with Gasteiger partial charge < -0.3 is 5.73 Å². The summed E-state index contributed by atoms with van der Waals surface area (Å²) in [6.45, 7) is 0. The normalized spacial score (nSPS) is 13.7. The van der Waals surface area contributed by atoms with Crippen LogP contribution >= 0.6 is 11.6 Å². The minimum atomic E-state index is -4.84. The van der Waals surface area contributed by atoms with Crippen LogP contribution in [0.4, 0.5) is 32.0 Å². The Morgan fingerprint density at radius 2 is 1.68 bits per heavy atom. The zero-order valence-electron chi connectivity index (χ0n) is 9.11. The molecule has 0 aliphatic carbocycles. The molecule has 0 aliphatic rings. The van der Waals surface area contributed by atoms with E-state index in [1.54, 1.807) is 0 Å². The fraction of sp³-hybridized carbons (Fsp3) is 0.300. The van der Waals surface area contributed by atoms with Crippen molar-refractivity contribution in [2.75, 3.05) is 5.88 Å². The third-order valence-electron chi connectivity index (χ3n) is 2.03. The maximum absolute atomic E-state index is 12.6. The molecule has 0 saturated heterocycles. The van der Waals surface area contributed by atoms with E-state index in [4.69, 9.17) is 17.3 Å². The van der Waals surface area contributed by atoms with Gasteiger partial charge in [-0.05, 0) is 18.2 Å². The topological polar surface area (TPSA) is 38.4 Å². The minimum Gasteiger partial charge on any atom is -0.386 e. The van der Waals surface area contributed by atoms with E-state index in [1.165, 1.54) is 0 Å². The fourth-order valence-corrected chi connectivity index (χ4v) is 1.28. The van der Waals surface area contributed by atoms with E-state index in [0.29, 0.717) is 12.1 Å². The molecular formula is C10H7ClF6N2. The molecule has 9 heteroatoms. The van der Waals surface area contributed by atoms with E-state index < -0.39 is 40.9 Å². The largest absolute Gasteiger partial charge is 0.418 e. The third kappa shape index (κ3) is 4.02. The average molecular weight is 305 g/mol. The molecule has 1 aromatic carbocycles. The van der Waals surface area contributed by atoms with Crippen molar-refractivity contribution in [1.82, 2.24) is 0 Å². The molecule has 0 atom stereocenters. The lowest BCUT2D eigenvalue weighted by atomic mass is 10.1. The summed E-state index contributed by atoms with van der Waals surface area (Å²) in [5.74, 6) is -0.806. The second-order valence-corrected chi connectivity index (χ2v) is 3.73. The van der Waals surface area contributed by atoms with Crippen molar-refractivity contribution in [2.24, 2.45) is 10.7 Å². The fourth-order valence-electron chi connectivity index (χ4n) is 1.22. The molecule has 0 radical (unpaired) electrons. The first-order chi connectivity index (χ1) is 8.55. The summed E-state index contributed by atoms with van der Waals surface area (Å²) in [7, 11) is 0. The van der Waals surface area contributed by atoms with E-state index in [1.807, 2.05) is 0 Å². The van der Waals surface area contributed by atoms with Crippen LogP contribution in [-0.2, 0) is 12.4 Å². The molecule has 2 N–H and O–H groups in total. The molecule has 0 saturated carbocycles. The van der Waals surface area contributed by atoms with Crippen LogP contribution in [0.3, 0.4) is 0 Å². The first kappa shape index (κ1) is 15.6. The van der Waals surface area contributed by atoms with Crippen molar-refractivity contribution in [3.8, 4) is 0 Å². The molecule has 0 fully saturated rings. The Hall–Kier alpha value is -1.44. The number of rotatable bonds is 2. The zero-order valence-corrected chi connectivity index (χ0v) is 9.87. The van der Waals surface area contributed by atoms with Gasteiger partial charge in [0.15, 0.2) is 0 Å². The Bertz CT molecular complexity index is 492. The molecule has 0 aromatic heterocycles. The molecule has 0 bridgehead atoms. The Kier molecular flexibility index (Phi) is 4.34. The highest BCUT2D eigenvalue weighted by molar-refractivity contribution is 6.28. The molecule has 2 nitrogen and oxygen atoms in total. The van der Waals surface area contributed by atoms with Crippen LogP contribution in [0.2, 0.25) is 0 Å². The molecule has 0 heterocycles. The van der Waals surface area contributed by atoms with Crippen LogP contribution < -0.4 is 5.73 Å². The molecule has 0 amide bonds. The van der Waals surface area contributed by atoms with Crippen molar-refractivity contribution in [3.63, 3.8) is 0 Å². The Morgan fingerprint density at radius 3 is 2.11 bits per heavy atom. The highest BCUT2D eigenvalue weighted by Gasteiger charge is 2.37. The van der Waals surface area contributed by atoms with Crippen LogP contribution in [0.5, 0.6) is 0 Å². The van der Waals surface area contributed by atoms with Crippen molar-refractivity contribution in [3.05, 3.63) is 29.3 Å². The van der Waals surface area contributed by atoms with Gasteiger partial charge in [0.05, 0.1) is 22.7 Å². The molecule has 0 spiro atoms. The smallest absolute Gasteiger partial charge is 0.386 e. The molecule has 106 valence electrons. The van der Waals surface area contributed by atoms with Crippen LogP contribution in [0, 0.1) is 0 Å². The van der Waals surface area contributed by atoms with Crippen molar-refractivity contribution in [2.45, 2.75) is 12.4 Å². The number of benzene rings is 1. The van der Waals surface area contributed by atoms with E-state index in [2.05, 4.69) is 4.99 Å². The molecule has 0 aliphatic heterocycles. The van der Waals surface area contributed by atoms with E-state index in [-0.39, 0.29) is 6.07 Å². The van der Waals surface area contributed by atoms with Gasteiger partial charge in [0.25, 0.3) is 0 Å². The van der Waals surface area contributed by atoms with Gasteiger partial charge >= 0.3 is 12.4 Å². The van der Waals surface area contributed by atoms with Crippen LogP contribution in [-0.4, -0.2) is 11.7 Å². The van der Waals surface area contributed by atoms with Gasteiger partial charge in [-0.2, -0.15) is 26.3 Å². The predicted octanol–water partition coefficient (Wildman–Crippen LogP) is 3.95. The number of nitrogens with two attached hydrogens (primary N) is 1. The first-order valence-corrected chi connectivity index (χ1v) is 5.26. The Balaban J connectivity index is 3.44. The number of alkyl halides is 7. The van der Waals surface area contributed by atoms with Crippen molar-refractivity contribution >= 4 is 23.1 Å². The van der Waals surface area contributed by atoms with Crippen LogP contribution in [0.25, 0.3) is 0 Å². The SMILES string of the molecule is NC(CCl)=Nc1cc(C(F)(F)F)ccc1C(F)(F)F. The predicted molar refractivity (Wildman–Crippen MR) is 58.4 cm³/mol. The van der Waals surface area contributed by atoms with Gasteiger partial charge in [0.2, 0.25) is 0 Å². The van der Waals surface area contributed by atoms with Crippen molar-refractivity contribution in [1.29, 1.82) is 0 Å². The minimum absolute atomic E-state index is 0.280. The summed E-state index contributed by atoms with van der Waals surface area (Å²) in [5, 5.41) is 0. The second-order valence-electron chi connectivity index (χ2n) is 3.46. The molecule has 0 unspecified atom stereocenters. The van der Waals surface area contributed by atoms with Gasteiger partial charge in [-0.3, -0.25) is 0 Å². The lowest BCUT2D eigenvalue weighted by molar-refractivity contribution is -0.140. The monoisotopic (exact) mass is 304 g/mol. The maximum atomic E-state index is 12.6. The quantitative estimate of drug-likeness (QED) is 0.382. The van der Waals surface area contributed by atoms with Crippen LogP contribution in [0.15, 0.2) is 23.2 Å². The summed E-state index contributed by atoms with van der Waals surface area (Å²) in [5.41, 5.74) is 1.67. The highest BCUT2D eigenvalue weighted by Crippen LogP contribution is 2.40. The van der Waals surface area contributed by atoms with Crippen LogP contribution in [0.1, 0.15) is 11.1 Å². The molecule has 19 heavy (non-hydrogen) atoms. The lowest BCUT2D eigenvalue weighted by Crippen LogP contribution is -2.14.